The second-order valence-corrected chi connectivity index (χ2v) is 7.75. The molecular weight excluding hydrogens is 366 g/mol. The molecule has 0 bridgehead atoms. The van der Waals surface area contributed by atoms with E-state index in [1.54, 1.807) is 11.3 Å². The Balaban J connectivity index is 1.30. The van der Waals surface area contributed by atoms with E-state index < -0.39 is 0 Å². The molecule has 1 saturated heterocycles. The van der Waals surface area contributed by atoms with E-state index in [1.807, 2.05) is 41.3 Å². The van der Waals surface area contributed by atoms with Gasteiger partial charge in [-0.3, -0.25) is 4.79 Å². The quantitative estimate of drug-likeness (QED) is 0.533. The number of rotatable bonds is 2. The molecule has 1 aliphatic rings. The van der Waals surface area contributed by atoms with Gasteiger partial charge in [-0.25, -0.2) is 4.98 Å². The minimum Gasteiger partial charge on any atom is -0.345 e. The topological polar surface area (TPSA) is 62.2 Å². The number of para-hydroxylation sites is 1. The molecule has 0 aliphatic carbocycles. The van der Waals surface area contributed by atoms with Crippen LogP contribution in [0.2, 0.25) is 0 Å². The molecule has 0 saturated carbocycles. The summed E-state index contributed by atoms with van der Waals surface area (Å²) in [6.07, 6.45) is 0. The maximum atomic E-state index is 12.8. The largest absolute Gasteiger partial charge is 0.345 e. The van der Waals surface area contributed by atoms with Gasteiger partial charge in [0.1, 0.15) is 11.0 Å². The lowest BCUT2D eigenvalue weighted by molar-refractivity contribution is 0.0747. The van der Waals surface area contributed by atoms with Crippen molar-refractivity contribution in [3.63, 3.8) is 0 Å². The molecular formula is C18H15N5OS2. The van der Waals surface area contributed by atoms with Crippen LogP contribution in [0.25, 0.3) is 21.3 Å². The summed E-state index contributed by atoms with van der Waals surface area (Å²) in [7, 11) is 0. The molecule has 0 atom stereocenters. The Bertz CT molecular complexity index is 1060. The van der Waals surface area contributed by atoms with Gasteiger partial charge in [-0.2, -0.15) is 8.75 Å². The van der Waals surface area contributed by atoms with Crippen molar-refractivity contribution in [2.45, 2.75) is 0 Å². The Hall–Kier alpha value is -2.58. The molecule has 0 spiro atoms. The summed E-state index contributed by atoms with van der Waals surface area (Å²) in [5, 5.41) is 1.04. The summed E-state index contributed by atoms with van der Waals surface area (Å²) in [5.41, 5.74) is 3.34. The molecule has 0 unspecified atom stereocenters. The van der Waals surface area contributed by atoms with Crippen LogP contribution in [0.5, 0.6) is 0 Å². The minimum atomic E-state index is 0.0591. The smallest absolute Gasteiger partial charge is 0.254 e. The Kier molecular flexibility index (Phi) is 3.79. The van der Waals surface area contributed by atoms with Gasteiger partial charge in [0, 0.05) is 31.7 Å². The highest BCUT2D eigenvalue weighted by Gasteiger charge is 2.24. The number of anilines is 1. The third kappa shape index (κ3) is 2.71. The van der Waals surface area contributed by atoms with Crippen LogP contribution in [0.3, 0.4) is 0 Å². The van der Waals surface area contributed by atoms with Gasteiger partial charge in [0.2, 0.25) is 0 Å². The molecule has 130 valence electrons. The Labute approximate surface area is 158 Å². The first-order valence-electron chi connectivity index (χ1n) is 8.40. The maximum absolute atomic E-state index is 12.8. The minimum absolute atomic E-state index is 0.0591. The van der Waals surface area contributed by atoms with Crippen molar-refractivity contribution in [1.82, 2.24) is 18.6 Å². The van der Waals surface area contributed by atoms with Crippen molar-refractivity contribution in [2.75, 3.05) is 31.1 Å². The van der Waals surface area contributed by atoms with E-state index in [0.29, 0.717) is 18.7 Å². The second-order valence-electron chi connectivity index (χ2n) is 6.21. The molecule has 1 fully saturated rings. The molecule has 4 aromatic rings. The molecule has 2 aromatic carbocycles. The van der Waals surface area contributed by atoms with Crippen LogP contribution in [0.15, 0.2) is 42.5 Å². The van der Waals surface area contributed by atoms with E-state index >= 15 is 0 Å². The number of carbonyl (C=O) groups excluding carboxylic acids is 1. The summed E-state index contributed by atoms with van der Waals surface area (Å²) in [6.45, 7) is 2.99. The third-order valence-electron chi connectivity index (χ3n) is 4.62. The zero-order valence-corrected chi connectivity index (χ0v) is 15.5. The number of aromatic nitrogens is 3. The molecule has 0 N–H and O–H groups in total. The lowest BCUT2D eigenvalue weighted by Gasteiger charge is -2.34. The summed E-state index contributed by atoms with van der Waals surface area (Å²) in [4.78, 5) is 21.7. The van der Waals surface area contributed by atoms with Crippen molar-refractivity contribution in [3.05, 3.63) is 48.0 Å². The lowest BCUT2D eigenvalue weighted by atomic mass is 10.1. The zero-order chi connectivity index (χ0) is 17.5. The Morgan fingerprint density at radius 1 is 0.923 bits per heavy atom. The van der Waals surface area contributed by atoms with Gasteiger partial charge in [-0.15, -0.1) is 0 Å². The van der Waals surface area contributed by atoms with Gasteiger partial charge >= 0.3 is 0 Å². The summed E-state index contributed by atoms with van der Waals surface area (Å²) in [5.74, 6) is 0.0591. The number of benzene rings is 2. The fraction of sp³-hybridized carbons (Fsp3) is 0.222. The van der Waals surface area contributed by atoms with Gasteiger partial charge in [0.15, 0.2) is 5.13 Å². The first-order valence-corrected chi connectivity index (χ1v) is 9.95. The van der Waals surface area contributed by atoms with Crippen LogP contribution in [-0.2, 0) is 0 Å². The van der Waals surface area contributed by atoms with Crippen LogP contribution < -0.4 is 4.90 Å². The van der Waals surface area contributed by atoms with Crippen molar-refractivity contribution in [3.8, 4) is 0 Å². The summed E-state index contributed by atoms with van der Waals surface area (Å²) >= 11 is 2.88. The highest BCUT2D eigenvalue weighted by Crippen LogP contribution is 2.29. The van der Waals surface area contributed by atoms with Crippen molar-refractivity contribution in [2.24, 2.45) is 0 Å². The summed E-state index contributed by atoms with van der Waals surface area (Å²) < 4.78 is 9.61. The first-order chi connectivity index (χ1) is 12.8. The van der Waals surface area contributed by atoms with E-state index in [-0.39, 0.29) is 5.91 Å². The number of piperazine rings is 1. The number of hydrogen-bond acceptors (Lipinski definition) is 7. The maximum Gasteiger partial charge on any atom is 0.254 e. The first kappa shape index (κ1) is 15.7. The van der Waals surface area contributed by atoms with Crippen LogP contribution in [0.1, 0.15) is 10.4 Å². The molecule has 5 rings (SSSR count). The molecule has 6 nitrogen and oxygen atoms in total. The molecule has 26 heavy (non-hydrogen) atoms. The monoisotopic (exact) mass is 381 g/mol. The Morgan fingerprint density at radius 3 is 2.58 bits per heavy atom. The van der Waals surface area contributed by atoms with Crippen molar-refractivity contribution in [1.29, 1.82) is 0 Å². The molecule has 2 aromatic heterocycles. The molecule has 8 heteroatoms. The molecule has 3 heterocycles. The predicted molar refractivity (Wildman–Crippen MR) is 105 cm³/mol. The fourth-order valence-electron chi connectivity index (χ4n) is 3.19. The van der Waals surface area contributed by atoms with E-state index in [0.717, 1.165) is 34.8 Å². The highest BCUT2D eigenvalue weighted by atomic mass is 32.1. The van der Waals surface area contributed by atoms with Crippen LogP contribution in [0.4, 0.5) is 5.13 Å². The standard InChI is InChI=1S/C18H15N5OS2/c24-17(12-5-6-13-15(11-12)21-26-20-13)22-7-9-23(10-8-22)18-19-14-3-1-2-4-16(14)25-18/h1-6,11H,7-10H2. The molecule has 1 aliphatic heterocycles. The van der Waals surface area contributed by atoms with Crippen molar-refractivity contribution < 1.29 is 4.79 Å². The third-order valence-corrected chi connectivity index (χ3v) is 6.27. The van der Waals surface area contributed by atoms with E-state index in [1.165, 1.54) is 16.4 Å². The number of hydrogen-bond donors (Lipinski definition) is 0. The van der Waals surface area contributed by atoms with Gasteiger partial charge < -0.3 is 9.80 Å². The zero-order valence-electron chi connectivity index (χ0n) is 13.8. The SMILES string of the molecule is O=C(c1ccc2nsnc2c1)N1CCN(c2nc3ccccc3s2)CC1. The van der Waals surface area contributed by atoms with E-state index in [9.17, 15) is 4.79 Å². The fourth-order valence-corrected chi connectivity index (χ4v) is 4.73. The van der Waals surface area contributed by atoms with Gasteiger partial charge in [0.05, 0.1) is 21.9 Å². The van der Waals surface area contributed by atoms with Gasteiger partial charge in [0.25, 0.3) is 5.91 Å². The Morgan fingerprint density at radius 2 is 1.73 bits per heavy atom. The highest BCUT2D eigenvalue weighted by molar-refractivity contribution is 7.22. The van der Waals surface area contributed by atoms with Gasteiger partial charge in [-0.05, 0) is 30.3 Å². The van der Waals surface area contributed by atoms with E-state index in [4.69, 9.17) is 4.98 Å². The van der Waals surface area contributed by atoms with Crippen LogP contribution in [-0.4, -0.2) is 50.7 Å². The van der Waals surface area contributed by atoms with Gasteiger partial charge in [-0.1, -0.05) is 23.5 Å². The predicted octanol–water partition coefficient (Wildman–Crippen LogP) is 3.26. The lowest BCUT2D eigenvalue weighted by Crippen LogP contribution is -2.48. The average molecular weight is 381 g/mol. The number of nitrogens with zero attached hydrogens (tertiary/aromatic N) is 5. The second kappa shape index (κ2) is 6.30. The van der Waals surface area contributed by atoms with E-state index in [2.05, 4.69) is 19.7 Å². The van der Waals surface area contributed by atoms with Crippen LogP contribution in [0, 0.1) is 0 Å². The normalized spacial score (nSPS) is 15.1. The summed E-state index contributed by atoms with van der Waals surface area (Å²) in [6, 6.07) is 13.7. The number of amides is 1. The number of thiazole rings is 1. The van der Waals surface area contributed by atoms with Crippen molar-refractivity contribution >= 4 is 55.4 Å². The van der Waals surface area contributed by atoms with Crippen LogP contribution >= 0.6 is 23.1 Å². The molecule has 1 amide bonds. The number of carbonyl (C=O) groups is 1. The number of fused-ring (bicyclic) bond motifs is 2. The molecule has 0 radical (unpaired) electrons. The average Bonchev–Trinajstić information content (AvgIpc) is 3.33.